The summed E-state index contributed by atoms with van der Waals surface area (Å²) in [5.41, 5.74) is 7.17. The van der Waals surface area contributed by atoms with Gasteiger partial charge in [-0.2, -0.15) is 5.10 Å². The molecule has 0 atom stereocenters. The molecule has 3 aromatic heterocycles. The molecule has 0 fully saturated rings. The zero-order valence-electron chi connectivity index (χ0n) is 12.4. The number of aromatic nitrogens is 5. The van der Waals surface area contributed by atoms with Gasteiger partial charge >= 0.3 is 0 Å². The minimum atomic E-state index is 0.560. The number of fused-ring (bicyclic) bond motifs is 3. The highest BCUT2D eigenvalue weighted by Crippen LogP contribution is 2.19. The third-order valence-corrected chi connectivity index (χ3v) is 3.54. The van der Waals surface area contributed by atoms with Crippen LogP contribution in [-0.4, -0.2) is 30.3 Å². The Morgan fingerprint density at radius 3 is 2.96 bits per heavy atom. The van der Waals surface area contributed by atoms with Crippen molar-refractivity contribution in [2.24, 2.45) is 5.10 Å². The van der Waals surface area contributed by atoms with E-state index in [1.165, 1.54) is 0 Å². The number of pyridine rings is 1. The molecule has 0 aliphatic heterocycles. The first-order chi connectivity index (χ1) is 11.3. The zero-order valence-corrected chi connectivity index (χ0v) is 12.4. The Kier molecular flexibility index (Phi) is 3.16. The Morgan fingerprint density at radius 1 is 1.17 bits per heavy atom. The summed E-state index contributed by atoms with van der Waals surface area (Å²) in [4.78, 5) is 8.68. The molecule has 0 aliphatic rings. The van der Waals surface area contributed by atoms with Crippen molar-refractivity contribution in [1.82, 2.24) is 24.6 Å². The van der Waals surface area contributed by atoms with E-state index in [4.69, 9.17) is 0 Å². The highest BCUT2D eigenvalue weighted by Gasteiger charge is 2.09. The molecule has 0 spiro atoms. The number of benzene rings is 1. The standard InChI is InChI=1S/C16H13N7/c1-11(12-5-4-8-17-9-12)20-21-15-16-22-18-10-23(16)14-7-3-2-6-13(14)19-15/h2-10H,1H3,(H,19,21)/b20-11-. The molecule has 7 heteroatoms. The van der Waals surface area contributed by atoms with E-state index in [0.29, 0.717) is 11.5 Å². The highest BCUT2D eigenvalue weighted by atomic mass is 15.3. The van der Waals surface area contributed by atoms with Gasteiger partial charge in [0.1, 0.15) is 6.33 Å². The topological polar surface area (TPSA) is 80.4 Å². The molecule has 0 saturated carbocycles. The summed E-state index contributed by atoms with van der Waals surface area (Å²) in [5.74, 6) is 0.560. The second-order valence-corrected chi connectivity index (χ2v) is 5.02. The van der Waals surface area contributed by atoms with Crippen LogP contribution in [0.1, 0.15) is 12.5 Å². The molecule has 7 nitrogen and oxygen atoms in total. The molecule has 0 aliphatic carbocycles. The van der Waals surface area contributed by atoms with Crippen LogP contribution >= 0.6 is 0 Å². The van der Waals surface area contributed by atoms with Crippen molar-refractivity contribution < 1.29 is 0 Å². The molecule has 0 saturated heterocycles. The third kappa shape index (κ3) is 2.38. The van der Waals surface area contributed by atoms with Gasteiger partial charge in [0.2, 0.25) is 5.65 Å². The number of hydrazone groups is 1. The van der Waals surface area contributed by atoms with Gasteiger partial charge in [-0.25, -0.2) is 4.98 Å². The lowest BCUT2D eigenvalue weighted by atomic mass is 10.2. The van der Waals surface area contributed by atoms with Gasteiger partial charge in [-0.05, 0) is 25.1 Å². The second kappa shape index (κ2) is 5.45. The first-order valence-corrected chi connectivity index (χ1v) is 7.12. The fourth-order valence-electron chi connectivity index (χ4n) is 2.36. The molecule has 4 rings (SSSR count). The predicted molar refractivity (Wildman–Crippen MR) is 88.4 cm³/mol. The minimum absolute atomic E-state index is 0.560. The summed E-state index contributed by atoms with van der Waals surface area (Å²) in [5, 5.41) is 12.5. The maximum atomic E-state index is 4.58. The monoisotopic (exact) mass is 303 g/mol. The van der Waals surface area contributed by atoms with Crippen LogP contribution in [-0.2, 0) is 0 Å². The number of hydrogen-bond donors (Lipinski definition) is 1. The number of anilines is 1. The van der Waals surface area contributed by atoms with Crippen LogP contribution in [0.5, 0.6) is 0 Å². The Morgan fingerprint density at radius 2 is 2.09 bits per heavy atom. The molecule has 23 heavy (non-hydrogen) atoms. The van der Waals surface area contributed by atoms with Crippen molar-refractivity contribution in [3.8, 4) is 0 Å². The van der Waals surface area contributed by atoms with Crippen LogP contribution in [0.3, 0.4) is 0 Å². The first kappa shape index (κ1) is 13.3. The molecular formula is C16H13N7. The van der Waals surface area contributed by atoms with E-state index in [0.717, 1.165) is 22.3 Å². The molecule has 0 unspecified atom stereocenters. The van der Waals surface area contributed by atoms with Gasteiger partial charge in [0.25, 0.3) is 0 Å². The van der Waals surface area contributed by atoms with Crippen molar-refractivity contribution in [3.63, 3.8) is 0 Å². The smallest absolute Gasteiger partial charge is 0.205 e. The third-order valence-electron chi connectivity index (χ3n) is 3.54. The van der Waals surface area contributed by atoms with Gasteiger partial charge in [0.15, 0.2) is 5.82 Å². The van der Waals surface area contributed by atoms with E-state index in [2.05, 4.69) is 30.7 Å². The van der Waals surface area contributed by atoms with Crippen LogP contribution in [0, 0.1) is 0 Å². The van der Waals surface area contributed by atoms with Gasteiger partial charge in [-0.15, -0.1) is 10.2 Å². The summed E-state index contributed by atoms with van der Waals surface area (Å²) >= 11 is 0. The maximum absolute atomic E-state index is 4.58. The lowest BCUT2D eigenvalue weighted by Crippen LogP contribution is -2.03. The lowest BCUT2D eigenvalue weighted by Gasteiger charge is -2.06. The number of rotatable bonds is 3. The molecule has 3 heterocycles. The van der Waals surface area contributed by atoms with Crippen LogP contribution in [0.2, 0.25) is 0 Å². The Hall–Kier alpha value is -3.35. The Bertz CT molecular complexity index is 1000. The molecule has 0 radical (unpaired) electrons. The van der Waals surface area contributed by atoms with E-state index in [-0.39, 0.29) is 0 Å². The van der Waals surface area contributed by atoms with Gasteiger partial charge in [0.05, 0.1) is 16.7 Å². The summed E-state index contributed by atoms with van der Waals surface area (Å²) in [6.07, 6.45) is 5.16. The minimum Gasteiger partial charge on any atom is -0.277 e. The van der Waals surface area contributed by atoms with E-state index in [9.17, 15) is 0 Å². The van der Waals surface area contributed by atoms with Crippen molar-refractivity contribution >= 4 is 28.2 Å². The molecule has 0 amide bonds. The first-order valence-electron chi connectivity index (χ1n) is 7.12. The number of hydrogen-bond acceptors (Lipinski definition) is 6. The Balaban J connectivity index is 1.78. The van der Waals surface area contributed by atoms with Gasteiger partial charge in [-0.3, -0.25) is 14.8 Å². The van der Waals surface area contributed by atoms with Crippen molar-refractivity contribution in [2.75, 3.05) is 5.43 Å². The zero-order chi connectivity index (χ0) is 15.6. The average molecular weight is 303 g/mol. The van der Waals surface area contributed by atoms with E-state index < -0.39 is 0 Å². The lowest BCUT2D eigenvalue weighted by molar-refractivity contribution is 1.11. The quantitative estimate of drug-likeness (QED) is 0.464. The van der Waals surface area contributed by atoms with Gasteiger partial charge in [-0.1, -0.05) is 18.2 Å². The predicted octanol–water partition coefficient (Wildman–Crippen LogP) is 2.51. The van der Waals surface area contributed by atoms with Crippen LogP contribution in [0.15, 0.2) is 60.2 Å². The van der Waals surface area contributed by atoms with Crippen LogP contribution in [0.4, 0.5) is 5.82 Å². The molecule has 112 valence electrons. The summed E-state index contributed by atoms with van der Waals surface area (Å²) in [6.45, 7) is 1.91. The van der Waals surface area contributed by atoms with E-state index in [1.54, 1.807) is 18.7 Å². The molecule has 1 aromatic carbocycles. The van der Waals surface area contributed by atoms with Crippen LogP contribution < -0.4 is 5.43 Å². The fraction of sp³-hybridized carbons (Fsp3) is 0.0625. The molecule has 0 bridgehead atoms. The van der Waals surface area contributed by atoms with E-state index >= 15 is 0 Å². The normalized spacial score (nSPS) is 12.0. The second-order valence-electron chi connectivity index (χ2n) is 5.02. The fourth-order valence-corrected chi connectivity index (χ4v) is 2.36. The van der Waals surface area contributed by atoms with Crippen LogP contribution in [0.25, 0.3) is 16.7 Å². The number of nitrogens with one attached hydrogen (secondary N) is 1. The average Bonchev–Trinajstić information content (AvgIpc) is 3.10. The molecular weight excluding hydrogens is 290 g/mol. The highest BCUT2D eigenvalue weighted by molar-refractivity contribution is 5.99. The number of nitrogens with zero attached hydrogens (tertiary/aromatic N) is 6. The maximum Gasteiger partial charge on any atom is 0.205 e. The van der Waals surface area contributed by atoms with Gasteiger partial charge in [0, 0.05) is 18.0 Å². The van der Waals surface area contributed by atoms with E-state index in [1.807, 2.05) is 47.7 Å². The van der Waals surface area contributed by atoms with Gasteiger partial charge < -0.3 is 0 Å². The van der Waals surface area contributed by atoms with Crippen molar-refractivity contribution in [3.05, 3.63) is 60.7 Å². The SMILES string of the molecule is C/C(=N/Nc1nc2ccccc2n2cnnc12)c1cccnc1. The largest absolute Gasteiger partial charge is 0.277 e. The molecule has 4 aromatic rings. The summed E-state index contributed by atoms with van der Waals surface area (Å²) < 4.78 is 1.89. The van der Waals surface area contributed by atoms with Crippen molar-refractivity contribution in [2.45, 2.75) is 6.92 Å². The summed E-state index contributed by atoms with van der Waals surface area (Å²) in [6, 6.07) is 11.7. The summed E-state index contributed by atoms with van der Waals surface area (Å²) in [7, 11) is 0. The Labute approximate surface area is 131 Å². The molecule has 1 N–H and O–H groups in total. The number of para-hydroxylation sites is 2. The van der Waals surface area contributed by atoms with Crippen molar-refractivity contribution in [1.29, 1.82) is 0 Å².